The number of alkyl halides is 1. The highest BCUT2D eigenvalue weighted by atomic mass is 32.2. The van der Waals surface area contributed by atoms with Gasteiger partial charge in [-0.1, -0.05) is 18.2 Å². The Morgan fingerprint density at radius 1 is 1.33 bits per heavy atom. The molecule has 1 fully saturated rings. The van der Waals surface area contributed by atoms with E-state index in [0.717, 1.165) is 0 Å². The third-order valence-corrected chi connectivity index (χ3v) is 5.02. The van der Waals surface area contributed by atoms with E-state index in [0.29, 0.717) is 19.5 Å². The van der Waals surface area contributed by atoms with Crippen LogP contribution >= 0.6 is 0 Å². The van der Waals surface area contributed by atoms with Crippen LogP contribution in [0.1, 0.15) is 6.42 Å². The predicted molar refractivity (Wildman–Crippen MR) is 65.5 cm³/mol. The molecule has 6 heteroatoms. The Kier molecular flexibility index (Phi) is 3.99. The van der Waals surface area contributed by atoms with Gasteiger partial charge in [0.1, 0.15) is 6.10 Å². The van der Waals surface area contributed by atoms with E-state index >= 15 is 0 Å². The number of hydrogen-bond donors (Lipinski definition) is 2. The van der Waals surface area contributed by atoms with Crippen molar-refractivity contribution in [3.05, 3.63) is 30.3 Å². The molecule has 3 atom stereocenters. The first kappa shape index (κ1) is 13.5. The Bertz CT molecular complexity index is 485. The Labute approximate surface area is 106 Å². The zero-order valence-electron chi connectivity index (χ0n) is 9.79. The first-order valence-electron chi connectivity index (χ1n) is 5.85. The van der Waals surface area contributed by atoms with Gasteiger partial charge < -0.3 is 10.4 Å². The van der Waals surface area contributed by atoms with Gasteiger partial charge in [0.25, 0.3) is 0 Å². The first-order valence-corrected chi connectivity index (χ1v) is 7.40. The van der Waals surface area contributed by atoms with E-state index in [4.69, 9.17) is 0 Å². The summed E-state index contributed by atoms with van der Waals surface area (Å²) in [6.07, 6.45) is -0.892. The van der Waals surface area contributed by atoms with Crippen molar-refractivity contribution >= 4 is 9.84 Å². The Hall–Kier alpha value is -0.980. The molecule has 0 aliphatic carbocycles. The van der Waals surface area contributed by atoms with Crippen LogP contribution in [0.4, 0.5) is 4.39 Å². The monoisotopic (exact) mass is 273 g/mol. The minimum Gasteiger partial charge on any atom is -0.389 e. The fraction of sp³-hybridized carbons (Fsp3) is 0.500. The van der Waals surface area contributed by atoms with Gasteiger partial charge in [-0.05, 0) is 25.1 Å². The van der Waals surface area contributed by atoms with Crippen LogP contribution in [0.15, 0.2) is 35.2 Å². The Morgan fingerprint density at radius 3 is 2.56 bits per heavy atom. The van der Waals surface area contributed by atoms with Crippen LogP contribution in [-0.2, 0) is 9.84 Å². The van der Waals surface area contributed by atoms with Gasteiger partial charge in [-0.15, -0.1) is 0 Å². The highest BCUT2D eigenvalue weighted by molar-refractivity contribution is 7.92. The maximum atomic E-state index is 14.0. The quantitative estimate of drug-likeness (QED) is 0.848. The summed E-state index contributed by atoms with van der Waals surface area (Å²) in [6, 6.07) is 7.39. The SMILES string of the molecule is O=S(=O)(c1ccccc1)C(F)C(O)[C@H]1CCNC1. The second kappa shape index (κ2) is 5.34. The maximum absolute atomic E-state index is 14.0. The molecule has 2 rings (SSSR count). The molecular weight excluding hydrogens is 257 g/mol. The number of rotatable bonds is 4. The number of hydrogen-bond acceptors (Lipinski definition) is 4. The number of sulfone groups is 1. The average molecular weight is 273 g/mol. The van der Waals surface area contributed by atoms with Crippen molar-refractivity contribution < 1.29 is 17.9 Å². The van der Waals surface area contributed by atoms with Crippen LogP contribution in [-0.4, -0.2) is 38.2 Å². The van der Waals surface area contributed by atoms with E-state index in [9.17, 15) is 17.9 Å². The molecule has 0 saturated carbocycles. The minimum absolute atomic E-state index is 0.0949. The zero-order chi connectivity index (χ0) is 13.2. The van der Waals surface area contributed by atoms with Crippen molar-refractivity contribution in [1.82, 2.24) is 5.32 Å². The van der Waals surface area contributed by atoms with Crippen molar-refractivity contribution in [3.8, 4) is 0 Å². The summed E-state index contributed by atoms with van der Waals surface area (Å²) < 4.78 is 38.0. The van der Waals surface area contributed by atoms with Crippen molar-refractivity contribution in [2.24, 2.45) is 5.92 Å². The predicted octanol–water partition coefficient (Wildman–Crippen LogP) is 0.726. The van der Waals surface area contributed by atoms with Crippen LogP contribution < -0.4 is 5.32 Å². The molecule has 2 unspecified atom stereocenters. The molecule has 0 aromatic heterocycles. The van der Waals surface area contributed by atoms with Gasteiger partial charge in [-0.25, -0.2) is 12.8 Å². The lowest BCUT2D eigenvalue weighted by Crippen LogP contribution is -2.37. The minimum atomic E-state index is -4.12. The fourth-order valence-corrected chi connectivity index (χ4v) is 3.49. The molecule has 1 aliphatic rings. The van der Waals surface area contributed by atoms with E-state index < -0.39 is 21.4 Å². The molecule has 100 valence electrons. The van der Waals surface area contributed by atoms with Crippen molar-refractivity contribution in [3.63, 3.8) is 0 Å². The highest BCUT2D eigenvalue weighted by Gasteiger charge is 2.39. The molecule has 1 heterocycles. The van der Waals surface area contributed by atoms with Crippen LogP contribution in [0.25, 0.3) is 0 Å². The molecule has 1 aromatic carbocycles. The lowest BCUT2D eigenvalue weighted by molar-refractivity contribution is 0.0699. The third kappa shape index (κ3) is 2.55. The zero-order valence-corrected chi connectivity index (χ0v) is 10.6. The number of aliphatic hydroxyl groups excluding tert-OH is 1. The standard InChI is InChI=1S/C12H16FNO3S/c13-12(11(15)9-6-7-14-8-9)18(16,17)10-4-2-1-3-5-10/h1-5,9,11-12,14-15H,6-8H2/t9-,11?,12?/m0/s1. The van der Waals surface area contributed by atoms with E-state index in [1.807, 2.05) is 0 Å². The summed E-state index contributed by atoms with van der Waals surface area (Å²) in [7, 11) is -4.12. The van der Waals surface area contributed by atoms with Gasteiger partial charge >= 0.3 is 0 Å². The summed E-state index contributed by atoms with van der Waals surface area (Å²) in [6.45, 7) is 1.13. The van der Waals surface area contributed by atoms with Crippen LogP contribution in [0.3, 0.4) is 0 Å². The largest absolute Gasteiger partial charge is 0.389 e. The second-order valence-electron chi connectivity index (χ2n) is 4.45. The van der Waals surface area contributed by atoms with Crippen LogP contribution in [0.5, 0.6) is 0 Å². The van der Waals surface area contributed by atoms with Crippen molar-refractivity contribution in [2.75, 3.05) is 13.1 Å². The fourth-order valence-electron chi connectivity index (χ4n) is 2.11. The molecule has 1 aliphatic heterocycles. The summed E-state index contributed by atoms with van der Waals surface area (Å²) in [5, 5.41) is 12.8. The molecule has 1 saturated heterocycles. The van der Waals surface area contributed by atoms with Crippen LogP contribution in [0, 0.1) is 5.92 Å². The number of aliphatic hydroxyl groups is 1. The van der Waals surface area contributed by atoms with Gasteiger partial charge in [-0.2, -0.15) is 0 Å². The molecule has 2 N–H and O–H groups in total. The molecule has 1 aromatic rings. The van der Waals surface area contributed by atoms with Gasteiger partial charge in [0.05, 0.1) is 4.90 Å². The van der Waals surface area contributed by atoms with Gasteiger partial charge in [0, 0.05) is 12.5 Å². The summed E-state index contributed by atoms with van der Waals surface area (Å²) in [5.74, 6) is -0.349. The van der Waals surface area contributed by atoms with E-state index in [-0.39, 0.29) is 10.8 Å². The molecular formula is C12H16FNO3S. The number of benzene rings is 1. The highest BCUT2D eigenvalue weighted by Crippen LogP contribution is 2.25. The van der Waals surface area contributed by atoms with Crippen molar-refractivity contribution in [2.45, 2.75) is 22.9 Å². The number of halogens is 1. The second-order valence-corrected chi connectivity index (χ2v) is 6.46. The summed E-state index contributed by atoms with van der Waals surface area (Å²) in [5.41, 5.74) is -2.27. The van der Waals surface area contributed by atoms with Gasteiger partial charge in [-0.3, -0.25) is 0 Å². The number of nitrogens with one attached hydrogen (secondary N) is 1. The van der Waals surface area contributed by atoms with Crippen LogP contribution in [0.2, 0.25) is 0 Å². The van der Waals surface area contributed by atoms with E-state index in [1.165, 1.54) is 24.3 Å². The molecule has 4 nitrogen and oxygen atoms in total. The molecule has 0 bridgehead atoms. The topological polar surface area (TPSA) is 66.4 Å². The normalized spacial score (nSPS) is 23.8. The summed E-state index contributed by atoms with van der Waals surface area (Å²) >= 11 is 0. The third-order valence-electron chi connectivity index (χ3n) is 3.22. The molecule has 0 radical (unpaired) electrons. The average Bonchev–Trinajstić information content (AvgIpc) is 2.92. The smallest absolute Gasteiger partial charge is 0.231 e. The van der Waals surface area contributed by atoms with Gasteiger partial charge in [0.2, 0.25) is 15.3 Å². The maximum Gasteiger partial charge on any atom is 0.231 e. The molecule has 0 amide bonds. The lowest BCUT2D eigenvalue weighted by Gasteiger charge is -2.21. The Morgan fingerprint density at radius 2 is 2.00 bits per heavy atom. The van der Waals surface area contributed by atoms with Crippen molar-refractivity contribution in [1.29, 1.82) is 0 Å². The molecule has 18 heavy (non-hydrogen) atoms. The lowest BCUT2D eigenvalue weighted by atomic mass is 10.0. The van der Waals surface area contributed by atoms with E-state index in [1.54, 1.807) is 6.07 Å². The first-order chi connectivity index (χ1) is 8.53. The van der Waals surface area contributed by atoms with Gasteiger partial charge in [0.15, 0.2) is 0 Å². The summed E-state index contributed by atoms with van der Waals surface area (Å²) in [4.78, 5) is -0.0949. The van der Waals surface area contributed by atoms with E-state index in [2.05, 4.69) is 5.32 Å². The Balaban J connectivity index is 2.19. The molecule has 0 spiro atoms.